The van der Waals surface area contributed by atoms with Crippen LogP contribution in [0.5, 0.6) is 0 Å². The maximum absolute atomic E-state index is 6.53. The third-order valence-electron chi connectivity index (χ3n) is 8.70. The van der Waals surface area contributed by atoms with Crippen molar-refractivity contribution in [1.29, 1.82) is 0 Å². The molecule has 0 spiro atoms. The molecular formula is C44H29N3O2. The summed E-state index contributed by atoms with van der Waals surface area (Å²) in [6.07, 6.45) is 0. The van der Waals surface area contributed by atoms with E-state index in [0.29, 0.717) is 17.4 Å². The summed E-state index contributed by atoms with van der Waals surface area (Å²) in [5, 5.41) is 0. The number of hydrogen-bond acceptors (Lipinski definition) is 5. The van der Waals surface area contributed by atoms with E-state index >= 15 is 0 Å². The van der Waals surface area contributed by atoms with E-state index in [2.05, 4.69) is 89.8 Å². The molecule has 0 fully saturated rings. The minimum Gasteiger partial charge on any atom is -0.436 e. The fourth-order valence-corrected chi connectivity index (χ4v) is 6.39. The topological polar surface area (TPSA) is 55.3 Å². The highest BCUT2D eigenvalue weighted by atomic mass is 16.4. The van der Waals surface area contributed by atoms with Crippen LogP contribution in [0.15, 0.2) is 185 Å². The fourth-order valence-electron chi connectivity index (χ4n) is 6.39. The maximum Gasteiger partial charge on any atom is 0.227 e. The van der Waals surface area contributed by atoms with E-state index in [9.17, 15) is 0 Å². The average Bonchev–Trinajstić information content (AvgIpc) is 3.81. The fraction of sp³-hybridized carbons (Fsp3) is 0. The van der Waals surface area contributed by atoms with Crippen LogP contribution in [0, 0.1) is 0 Å². The Morgan fingerprint density at radius 3 is 1.45 bits per heavy atom. The van der Waals surface area contributed by atoms with E-state index in [-0.39, 0.29) is 0 Å². The van der Waals surface area contributed by atoms with Crippen LogP contribution >= 0.6 is 0 Å². The van der Waals surface area contributed by atoms with Crippen LogP contribution in [0.3, 0.4) is 0 Å². The second-order valence-corrected chi connectivity index (χ2v) is 11.9. The summed E-state index contributed by atoms with van der Waals surface area (Å²) in [7, 11) is 0. The predicted octanol–water partition coefficient (Wildman–Crippen LogP) is 12.1. The zero-order valence-corrected chi connectivity index (χ0v) is 26.4. The normalized spacial score (nSPS) is 11.3. The van der Waals surface area contributed by atoms with E-state index in [1.54, 1.807) is 0 Å². The van der Waals surface area contributed by atoms with Crippen LogP contribution in [0.2, 0.25) is 0 Å². The van der Waals surface area contributed by atoms with Crippen LogP contribution in [0.4, 0.5) is 17.1 Å². The highest BCUT2D eigenvalue weighted by molar-refractivity contribution is 6.00. The summed E-state index contributed by atoms with van der Waals surface area (Å²) in [6, 6.07) is 59.7. The summed E-state index contributed by atoms with van der Waals surface area (Å²) in [4.78, 5) is 12.3. The standard InChI is InChI=1S/C44H29N3O2/c1-6-16-30(17-7-1)37-26-36(29-40-41(37)46-44(48-40)33-22-12-4-13-23-33)47(34-24-14-5-15-25-34)35-27-38(31-18-8-2-9-19-31)42-39(28-35)45-43(49-42)32-20-10-3-11-21-32/h1-29H. The molecule has 0 atom stereocenters. The third-order valence-corrected chi connectivity index (χ3v) is 8.70. The van der Waals surface area contributed by atoms with E-state index in [1.165, 1.54) is 0 Å². The van der Waals surface area contributed by atoms with Crippen molar-refractivity contribution < 1.29 is 8.83 Å². The van der Waals surface area contributed by atoms with Crippen molar-refractivity contribution in [2.75, 3.05) is 4.90 Å². The molecule has 0 saturated carbocycles. The molecular weight excluding hydrogens is 603 g/mol. The monoisotopic (exact) mass is 631 g/mol. The minimum atomic E-state index is 0.582. The lowest BCUT2D eigenvalue weighted by molar-refractivity contribution is 0.619. The molecule has 0 N–H and O–H groups in total. The van der Waals surface area contributed by atoms with Crippen LogP contribution < -0.4 is 4.90 Å². The van der Waals surface area contributed by atoms with Gasteiger partial charge >= 0.3 is 0 Å². The largest absolute Gasteiger partial charge is 0.436 e. The highest BCUT2D eigenvalue weighted by Crippen LogP contribution is 2.44. The van der Waals surface area contributed by atoms with E-state index in [1.807, 2.05) is 91.0 Å². The molecule has 0 amide bonds. The van der Waals surface area contributed by atoms with Gasteiger partial charge in [-0.3, -0.25) is 0 Å². The Labute approximate surface area is 283 Å². The molecule has 9 rings (SSSR count). The van der Waals surface area contributed by atoms with Crippen molar-refractivity contribution in [3.63, 3.8) is 0 Å². The molecule has 0 unspecified atom stereocenters. The van der Waals surface area contributed by atoms with Crippen molar-refractivity contribution in [2.24, 2.45) is 0 Å². The zero-order valence-electron chi connectivity index (χ0n) is 26.4. The van der Waals surface area contributed by atoms with Gasteiger partial charge in [0.15, 0.2) is 11.2 Å². The Morgan fingerprint density at radius 1 is 0.388 bits per heavy atom. The lowest BCUT2D eigenvalue weighted by atomic mass is 10.0. The lowest BCUT2D eigenvalue weighted by Gasteiger charge is -2.26. The Bertz CT molecular complexity index is 2370. The van der Waals surface area contributed by atoms with Crippen molar-refractivity contribution in [3.05, 3.63) is 176 Å². The van der Waals surface area contributed by atoms with Crippen LogP contribution in [0.1, 0.15) is 0 Å². The summed E-state index contributed by atoms with van der Waals surface area (Å²) in [6.45, 7) is 0. The predicted molar refractivity (Wildman–Crippen MR) is 198 cm³/mol. The summed E-state index contributed by atoms with van der Waals surface area (Å²) >= 11 is 0. The molecule has 2 aromatic heterocycles. The Balaban J connectivity index is 1.30. The molecule has 9 aromatic rings. The molecule has 0 aliphatic carbocycles. The molecule has 49 heavy (non-hydrogen) atoms. The number of rotatable bonds is 7. The van der Waals surface area contributed by atoms with E-state index in [4.69, 9.17) is 18.8 Å². The quantitative estimate of drug-likeness (QED) is 0.175. The Morgan fingerprint density at radius 2 is 0.857 bits per heavy atom. The smallest absolute Gasteiger partial charge is 0.227 e. The van der Waals surface area contributed by atoms with Gasteiger partial charge in [-0.25, -0.2) is 9.97 Å². The highest BCUT2D eigenvalue weighted by Gasteiger charge is 2.23. The molecule has 0 aliphatic rings. The van der Waals surface area contributed by atoms with E-state index in [0.717, 1.165) is 67.1 Å². The molecule has 5 nitrogen and oxygen atoms in total. The number of nitrogens with zero attached hydrogens (tertiary/aromatic N) is 3. The van der Waals surface area contributed by atoms with Crippen molar-refractivity contribution >= 4 is 39.3 Å². The molecule has 7 aromatic carbocycles. The first kappa shape index (κ1) is 28.5. The number of hydrogen-bond donors (Lipinski definition) is 0. The first-order valence-corrected chi connectivity index (χ1v) is 16.2. The first-order valence-electron chi connectivity index (χ1n) is 16.2. The maximum atomic E-state index is 6.53. The molecule has 0 saturated heterocycles. The molecule has 0 bridgehead atoms. The van der Waals surface area contributed by atoms with Crippen molar-refractivity contribution in [3.8, 4) is 45.2 Å². The van der Waals surface area contributed by atoms with Crippen molar-refractivity contribution in [1.82, 2.24) is 9.97 Å². The molecule has 5 heteroatoms. The third kappa shape index (κ3) is 5.33. The summed E-state index contributed by atoms with van der Waals surface area (Å²) < 4.78 is 13.0. The number of aromatic nitrogens is 2. The number of anilines is 3. The van der Waals surface area contributed by atoms with Gasteiger partial charge in [0, 0.05) is 39.7 Å². The summed E-state index contributed by atoms with van der Waals surface area (Å²) in [5.41, 5.74) is 11.8. The van der Waals surface area contributed by atoms with Gasteiger partial charge in [0.1, 0.15) is 11.0 Å². The van der Waals surface area contributed by atoms with Gasteiger partial charge in [0.05, 0.1) is 5.69 Å². The SMILES string of the molecule is c1ccc(-c2nc3c(-c4ccccc4)cc(N(c4ccccc4)c4cc(-c5ccccc5)c5oc(-c6ccccc6)nc5c4)cc3o2)cc1. The molecule has 232 valence electrons. The summed E-state index contributed by atoms with van der Waals surface area (Å²) in [5.74, 6) is 1.17. The van der Waals surface area contributed by atoms with Gasteiger partial charge in [0.25, 0.3) is 0 Å². The van der Waals surface area contributed by atoms with Gasteiger partial charge in [-0.15, -0.1) is 0 Å². The van der Waals surface area contributed by atoms with Crippen molar-refractivity contribution in [2.45, 2.75) is 0 Å². The Kier molecular flexibility index (Phi) is 7.06. The van der Waals surface area contributed by atoms with Gasteiger partial charge in [-0.1, -0.05) is 115 Å². The van der Waals surface area contributed by atoms with Crippen LogP contribution in [-0.2, 0) is 0 Å². The molecule has 2 heterocycles. The van der Waals surface area contributed by atoms with Gasteiger partial charge in [-0.05, 0) is 65.7 Å². The zero-order chi connectivity index (χ0) is 32.6. The molecule has 0 aliphatic heterocycles. The number of oxazole rings is 2. The average molecular weight is 632 g/mol. The minimum absolute atomic E-state index is 0.582. The first-order chi connectivity index (χ1) is 24.3. The van der Waals surface area contributed by atoms with Crippen LogP contribution in [0.25, 0.3) is 67.4 Å². The van der Waals surface area contributed by atoms with Gasteiger partial charge < -0.3 is 13.7 Å². The van der Waals surface area contributed by atoms with Crippen LogP contribution in [-0.4, -0.2) is 9.97 Å². The number of benzene rings is 7. The van der Waals surface area contributed by atoms with Gasteiger partial charge in [-0.2, -0.15) is 0 Å². The Hall–Kier alpha value is -6.72. The second-order valence-electron chi connectivity index (χ2n) is 11.9. The second kappa shape index (κ2) is 12.1. The number of para-hydroxylation sites is 1. The molecule has 0 radical (unpaired) electrons. The van der Waals surface area contributed by atoms with E-state index < -0.39 is 0 Å². The van der Waals surface area contributed by atoms with Gasteiger partial charge in [0.2, 0.25) is 11.8 Å². The lowest BCUT2D eigenvalue weighted by Crippen LogP contribution is -2.10. The number of fused-ring (bicyclic) bond motifs is 2.